The maximum Gasteiger partial charge on any atom is 0.191 e. The third-order valence-corrected chi connectivity index (χ3v) is 4.93. The monoisotopic (exact) mass is 328 g/mol. The van der Waals surface area contributed by atoms with Gasteiger partial charge in [-0.15, -0.1) is 10.2 Å². The van der Waals surface area contributed by atoms with Gasteiger partial charge >= 0.3 is 0 Å². The van der Waals surface area contributed by atoms with E-state index in [2.05, 4.69) is 14.8 Å². The number of hydrogen-bond acceptors (Lipinski definition) is 4. The Morgan fingerprint density at radius 1 is 1.25 bits per heavy atom. The SMILES string of the molecule is NCc1nnc(SCc2ccc(Cl)c(Cl)c2)n1C1CC1. The lowest BCUT2D eigenvalue weighted by atomic mass is 10.2. The smallest absolute Gasteiger partial charge is 0.191 e. The minimum Gasteiger partial charge on any atom is -0.324 e. The fraction of sp³-hybridized carbons (Fsp3) is 0.385. The van der Waals surface area contributed by atoms with Crippen molar-refractivity contribution in [2.24, 2.45) is 5.73 Å². The van der Waals surface area contributed by atoms with Crippen LogP contribution in [0.1, 0.15) is 30.3 Å². The topological polar surface area (TPSA) is 56.7 Å². The van der Waals surface area contributed by atoms with E-state index >= 15 is 0 Å². The first kappa shape index (κ1) is 14.2. The van der Waals surface area contributed by atoms with Crippen molar-refractivity contribution in [2.75, 3.05) is 0 Å². The van der Waals surface area contributed by atoms with Crippen LogP contribution in [0, 0.1) is 0 Å². The second kappa shape index (κ2) is 5.93. The van der Waals surface area contributed by atoms with Crippen molar-refractivity contribution in [1.29, 1.82) is 0 Å². The number of thioether (sulfide) groups is 1. The molecule has 0 atom stereocenters. The van der Waals surface area contributed by atoms with Gasteiger partial charge < -0.3 is 10.3 Å². The molecule has 2 N–H and O–H groups in total. The van der Waals surface area contributed by atoms with E-state index < -0.39 is 0 Å². The van der Waals surface area contributed by atoms with E-state index in [9.17, 15) is 0 Å². The van der Waals surface area contributed by atoms with Gasteiger partial charge in [-0.2, -0.15) is 0 Å². The summed E-state index contributed by atoms with van der Waals surface area (Å²) >= 11 is 13.6. The lowest BCUT2D eigenvalue weighted by Gasteiger charge is -2.07. The van der Waals surface area contributed by atoms with Crippen molar-refractivity contribution in [2.45, 2.75) is 36.3 Å². The van der Waals surface area contributed by atoms with E-state index in [-0.39, 0.29) is 0 Å². The van der Waals surface area contributed by atoms with Crippen LogP contribution in [0.5, 0.6) is 0 Å². The third kappa shape index (κ3) is 2.96. The van der Waals surface area contributed by atoms with Crippen LogP contribution in [-0.4, -0.2) is 14.8 Å². The van der Waals surface area contributed by atoms with Crippen LogP contribution in [0.15, 0.2) is 23.4 Å². The third-order valence-electron chi connectivity index (χ3n) is 3.18. The molecule has 1 aliphatic rings. The first-order valence-corrected chi connectivity index (χ1v) is 8.13. The Kier molecular flexibility index (Phi) is 4.21. The molecule has 1 aromatic carbocycles. The van der Waals surface area contributed by atoms with Crippen molar-refractivity contribution in [1.82, 2.24) is 14.8 Å². The van der Waals surface area contributed by atoms with E-state index in [0.29, 0.717) is 22.6 Å². The van der Waals surface area contributed by atoms with Gasteiger partial charge in [0.05, 0.1) is 16.6 Å². The molecule has 2 aromatic rings. The van der Waals surface area contributed by atoms with Crippen LogP contribution in [0.2, 0.25) is 10.0 Å². The van der Waals surface area contributed by atoms with Crippen LogP contribution in [0.3, 0.4) is 0 Å². The highest BCUT2D eigenvalue weighted by atomic mass is 35.5. The fourth-order valence-electron chi connectivity index (χ4n) is 2.02. The number of benzene rings is 1. The van der Waals surface area contributed by atoms with Crippen molar-refractivity contribution < 1.29 is 0 Å². The van der Waals surface area contributed by atoms with Crippen molar-refractivity contribution in [3.63, 3.8) is 0 Å². The van der Waals surface area contributed by atoms with Gasteiger partial charge in [-0.05, 0) is 30.5 Å². The first-order chi connectivity index (χ1) is 9.69. The molecule has 0 aliphatic heterocycles. The van der Waals surface area contributed by atoms with E-state index in [1.807, 2.05) is 18.2 Å². The summed E-state index contributed by atoms with van der Waals surface area (Å²) in [7, 11) is 0. The average molecular weight is 329 g/mol. The van der Waals surface area contributed by atoms with Gasteiger partial charge in [0.25, 0.3) is 0 Å². The summed E-state index contributed by atoms with van der Waals surface area (Å²) in [5.74, 6) is 1.65. The fourth-order valence-corrected chi connectivity index (χ4v) is 3.31. The number of rotatable bonds is 5. The molecule has 1 aromatic heterocycles. The van der Waals surface area contributed by atoms with Crippen molar-refractivity contribution in [3.05, 3.63) is 39.6 Å². The van der Waals surface area contributed by atoms with Crippen LogP contribution in [0.25, 0.3) is 0 Å². The zero-order valence-corrected chi connectivity index (χ0v) is 13.0. The molecule has 20 heavy (non-hydrogen) atoms. The Morgan fingerprint density at radius 2 is 2.05 bits per heavy atom. The molecule has 0 saturated heterocycles. The van der Waals surface area contributed by atoms with Crippen molar-refractivity contribution in [3.8, 4) is 0 Å². The number of aromatic nitrogens is 3. The molecule has 0 amide bonds. The second-order valence-electron chi connectivity index (χ2n) is 4.74. The second-order valence-corrected chi connectivity index (χ2v) is 6.50. The Labute approximate surface area is 131 Å². The van der Waals surface area contributed by atoms with Gasteiger partial charge in [0.2, 0.25) is 0 Å². The summed E-state index contributed by atoms with van der Waals surface area (Å²) < 4.78 is 2.17. The van der Waals surface area contributed by atoms with E-state index in [0.717, 1.165) is 22.3 Å². The normalized spacial score (nSPS) is 14.8. The predicted octanol–water partition coefficient (Wildman–Crippen LogP) is 3.67. The highest BCUT2D eigenvalue weighted by molar-refractivity contribution is 7.98. The summed E-state index contributed by atoms with van der Waals surface area (Å²) in [5, 5.41) is 10.5. The molecule has 7 heteroatoms. The zero-order chi connectivity index (χ0) is 14.1. The maximum absolute atomic E-state index is 6.02. The molecule has 4 nitrogen and oxygen atoms in total. The van der Waals surface area contributed by atoms with E-state index in [1.165, 1.54) is 12.8 Å². The molecule has 1 heterocycles. The van der Waals surface area contributed by atoms with Crippen LogP contribution >= 0.6 is 35.0 Å². The molecule has 0 bridgehead atoms. The van der Waals surface area contributed by atoms with Crippen LogP contribution in [0.4, 0.5) is 0 Å². The lowest BCUT2D eigenvalue weighted by Crippen LogP contribution is -2.08. The van der Waals surface area contributed by atoms with E-state index in [4.69, 9.17) is 28.9 Å². The average Bonchev–Trinajstić information content (AvgIpc) is 3.20. The molecule has 1 saturated carbocycles. The van der Waals surface area contributed by atoms with Gasteiger partial charge in [0.15, 0.2) is 5.16 Å². The lowest BCUT2D eigenvalue weighted by molar-refractivity contribution is 0.626. The van der Waals surface area contributed by atoms with Crippen molar-refractivity contribution >= 4 is 35.0 Å². The summed E-state index contributed by atoms with van der Waals surface area (Å²) in [4.78, 5) is 0. The van der Waals surface area contributed by atoms with Crippen LogP contribution in [-0.2, 0) is 12.3 Å². The predicted molar refractivity (Wildman–Crippen MR) is 82.2 cm³/mol. The quantitative estimate of drug-likeness (QED) is 0.851. The minimum atomic E-state index is 0.427. The molecular weight excluding hydrogens is 315 g/mol. The highest BCUT2D eigenvalue weighted by Gasteiger charge is 2.29. The molecule has 1 aliphatic carbocycles. The molecule has 106 valence electrons. The number of hydrogen-bond donors (Lipinski definition) is 1. The van der Waals surface area contributed by atoms with Gasteiger partial charge in [-0.1, -0.05) is 41.0 Å². The Balaban J connectivity index is 1.75. The Morgan fingerprint density at radius 3 is 2.70 bits per heavy atom. The molecule has 0 spiro atoms. The highest BCUT2D eigenvalue weighted by Crippen LogP contribution is 2.39. The summed E-state index contributed by atoms with van der Waals surface area (Å²) in [6.07, 6.45) is 2.37. The minimum absolute atomic E-state index is 0.427. The molecule has 0 radical (unpaired) electrons. The summed E-state index contributed by atoms with van der Waals surface area (Å²) in [6, 6.07) is 6.21. The van der Waals surface area contributed by atoms with Gasteiger partial charge in [-0.25, -0.2) is 0 Å². The maximum atomic E-state index is 6.02. The van der Waals surface area contributed by atoms with Gasteiger partial charge in [0, 0.05) is 11.8 Å². The largest absolute Gasteiger partial charge is 0.324 e. The zero-order valence-electron chi connectivity index (χ0n) is 10.7. The Bertz CT molecular complexity index is 625. The standard InChI is InChI=1S/C13H14Cl2N4S/c14-10-4-1-8(5-11(10)15)7-20-13-18-17-12(6-16)19(13)9-2-3-9/h1,4-5,9H,2-3,6-7,16H2. The molecule has 0 unspecified atom stereocenters. The summed E-state index contributed by atoms with van der Waals surface area (Å²) in [5.41, 5.74) is 6.82. The molecular formula is C13H14Cl2N4S. The van der Waals surface area contributed by atoms with E-state index in [1.54, 1.807) is 11.8 Å². The molecule has 3 rings (SSSR count). The number of nitrogens with two attached hydrogens (primary N) is 1. The first-order valence-electron chi connectivity index (χ1n) is 6.39. The number of halogens is 2. The van der Waals surface area contributed by atoms with Crippen LogP contribution < -0.4 is 5.73 Å². The van der Waals surface area contributed by atoms with Gasteiger partial charge in [-0.3, -0.25) is 0 Å². The summed E-state index contributed by atoms with van der Waals surface area (Å²) in [6.45, 7) is 0.427. The number of nitrogens with zero attached hydrogens (tertiary/aromatic N) is 3. The Hall–Kier alpha value is -0.750. The molecule has 1 fully saturated rings. The van der Waals surface area contributed by atoms with Gasteiger partial charge in [0.1, 0.15) is 5.82 Å².